The molecule has 0 fully saturated rings. The van der Waals surface area contributed by atoms with Crippen LogP contribution in [0.25, 0.3) is 0 Å². The molecule has 2 rings (SSSR count). The Bertz CT molecular complexity index is 593. The van der Waals surface area contributed by atoms with E-state index < -0.39 is 0 Å². The highest BCUT2D eigenvalue weighted by atomic mass is 16.5. The molecule has 0 saturated heterocycles. The first-order valence-corrected chi connectivity index (χ1v) is 8.07. The first-order chi connectivity index (χ1) is 11.2. The number of para-hydroxylation sites is 1. The van der Waals surface area contributed by atoms with Gasteiger partial charge in [0, 0.05) is 31.7 Å². The third kappa shape index (κ3) is 5.33. The molecule has 1 N–H and O–H groups in total. The van der Waals surface area contributed by atoms with E-state index in [1.807, 2.05) is 73.3 Å². The molecule has 0 atom stereocenters. The van der Waals surface area contributed by atoms with Crippen molar-refractivity contribution in [1.82, 2.24) is 4.90 Å². The van der Waals surface area contributed by atoms with E-state index in [-0.39, 0.29) is 5.91 Å². The van der Waals surface area contributed by atoms with Crippen LogP contribution in [0, 0.1) is 0 Å². The first-order valence-electron chi connectivity index (χ1n) is 8.07. The van der Waals surface area contributed by atoms with Gasteiger partial charge in [0.2, 0.25) is 5.91 Å². The van der Waals surface area contributed by atoms with Crippen LogP contribution in [0.5, 0.6) is 11.5 Å². The van der Waals surface area contributed by atoms with Gasteiger partial charge in [0.1, 0.15) is 11.5 Å². The topological polar surface area (TPSA) is 41.6 Å². The van der Waals surface area contributed by atoms with Crippen LogP contribution >= 0.6 is 0 Å². The van der Waals surface area contributed by atoms with E-state index in [4.69, 9.17) is 4.74 Å². The molecule has 0 heterocycles. The second-order valence-electron chi connectivity index (χ2n) is 5.18. The Balaban J connectivity index is 1.80. The number of amides is 1. The van der Waals surface area contributed by atoms with Crippen LogP contribution in [-0.2, 0) is 4.79 Å². The Morgan fingerprint density at radius 3 is 2.17 bits per heavy atom. The van der Waals surface area contributed by atoms with Crippen molar-refractivity contribution in [3.63, 3.8) is 0 Å². The molecule has 2 aromatic rings. The number of ether oxygens (including phenoxy) is 1. The molecule has 0 aromatic heterocycles. The van der Waals surface area contributed by atoms with Gasteiger partial charge in [-0.15, -0.1) is 0 Å². The minimum absolute atomic E-state index is 0.187. The Labute approximate surface area is 138 Å². The van der Waals surface area contributed by atoms with Gasteiger partial charge in [-0.3, -0.25) is 4.79 Å². The maximum Gasteiger partial charge on any atom is 0.224 e. The maximum atomic E-state index is 11.9. The van der Waals surface area contributed by atoms with E-state index in [0.717, 1.165) is 30.3 Å². The van der Waals surface area contributed by atoms with Gasteiger partial charge in [-0.1, -0.05) is 18.2 Å². The molecule has 0 saturated carbocycles. The number of rotatable bonds is 8. The van der Waals surface area contributed by atoms with E-state index in [0.29, 0.717) is 13.0 Å². The number of benzene rings is 2. The van der Waals surface area contributed by atoms with Crippen molar-refractivity contribution in [2.45, 2.75) is 20.3 Å². The zero-order chi connectivity index (χ0) is 16.5. The molecule has 4 nitrogen and oxygen atoms in total. The van der Waals surface area contributed by atoms with Crippen molar-refractivity contribution in [3.8, 4) is 11.5 Å². The minimum Gasteiger partial charge on any atom is -0.457 e. The fourth-order valence-corrected chi connectivity index (χ4v) is 2.31. The third-order valence-electron chi connectivity index (χ3n) is 3.62. The smallest absolute Gasteiger partial charge is 0.224 e. The summed E-state index contributed by atoms with van der Waals surface area (Å²) >= 11 is 0. The highest BCUT2D eigenvalue weighted by molar-refractivity contribution is 5.76. The number of anilines is 1. The zero-order valence-electron chi connectivity index (χ0n) is 13.8. The van der Waals surface area contributed by atoms with Gasteiger partial charge in [0.05, 0.1) is 0 Å². The monoisotopic (exact) mass is 312 g/mol. The van der Waals surface area contributed by atoms with Crippen molar-refractivity contribution in [1.29, 1.82) is 0 Å². The Kier molecular flexibility index (Phi) is 6.48. The van der Waals surface area contributed by atoms with Crippen molar-refractivity contribution in [2.24, 2.45) is 0 Å². The fraction of sp³-hybridized carbons (Fsp3) is 0.316. The number of hydrogen-bond donors (Lipinski definition) is 1. The number of nitrogens with one attached hydrogen (secondary N) is 1. The summed E-state index contributed by atoms with van der Waals surface area (Å²) in [5, 5.41) is 3.27. The summed E-state index contributed by atoms with van der Waals surface area (Å²) in [4.78, 5) is 13.8. The molecule has 0 radical (unpaired) electrons. The average Bonchev–Trinajstić information content (AvgIpc) is 2.58. The summed E-state index contributed by atoms with van der Waals surface area (Å²) in [6.45, 7) is 6.16. The second kappa shape index (κ2) is 8.83. The van der Waals surface area contributed by atoms with Crippen LogP contribution in [-0.4, -0.2) is 30.4 Å². The fourth-order valence-electron chi connectivity index (χ4n) is 2.31. The third-order valence-corrected chi connectivity index (χ3v) is 3.62. The molecular formula is C19H24N2O2. The Hall–Kier alpha value is -2.49. The van der Waals surface area contributed by atoms with Gasteiger partial charge in [0.25, 0.3) is 0 Å². The number of hydrogen-bond acceptors (Lipinski definition) is 3. The highest BCUT2D eigenvalue weighted by Crippen LogP contribution is 2.22. The predicted octanol–water partition coefficient (Wildman–Crippen LogP) is 4.15. The summed E-state index contributed by atoms with van der Waals surface area (Å²) in [7, 11) is 0. The van der Waals surface area contributed by atoms with Gasteiger partial charge in [-0.05, 0) is 50.2 Å². The van der Waals surface area contributed by atoms with Gasteiger partial charge in [-0.25, -0.2) is 0 Å². The zero-order valence-corrected chi connectivity index (χ0v) is 13.8. The predicted molar refractivity (Wildman–Crippen MR) is 94.0 cm³/mol. The lowest BCUT2D eigenvalue weighted by Crippen LogP contribution is -2.31. The molecular weight excluding hydrogens is 288 g/mol. The molecule has 4 heteroatoms. The van der Waals surface area contributed by atoms with Crippen LogP contribution in [0.15, 0.2) is 54.6 Å². The summed E-state index contributed by atoms with van der Waals surface area (Å²) < 4.78 is 5.75. The van der Waals surface area contributed by atoms with Crippen molar-refractivity contribution in [2.75, 3.05) is 25.0 Å². The molecule has 0 aliphatic carbocycles. The number of carbonyl (C=O) groups excluding carboxylic acids is 1. The van der Waals surface area contributed by atoms with E-state index in [9.17, 15) is 4.79 Å². The van der Waals surface area contributed by atoms with E-state index in [1.54, 1.807) is 0 Å². The van der Waals surface area contributed by atoms with Crippen LogP contribution < -0.4 is 10.1 Å². The van der Waals surface area contributed by atoms with Gasteiger partial charge in [0.15, 0.2) is 0 Å². The SMILES string of the molecule is CCN(CC)C(=O)CCNc1ccc(Oc2ccccc2)cc1. The molecule has 2 aromatic carbocycles. The lowest BCUT2D eigenvalue weighted by Gasteiger charge is -2.18. The van der Waals surface area contributed by atoms with Crippen molar-refractivity contribution in [3.05, 3.63) is 54.6 Å². The van der Waals surface area contributed by atoms with Gasteiger partial charge >= 0.3 is 0 Å². The van der Waals surface area contributed by atoms with E-state index >= 15 is 0 Å². The minimum atomic E-state index is 0.187. The van der Waals surface area contributed by atoms with E-state index in [2.05, 4.69) is 5.32 Å². The summed E-state index contributed by atoms with van der Waals surface area (Å²) in [5.74, 6) is 1.80. The Morgan fingerprint density at radius 2 is 1.57 bits per heavy atom. The largest absolute Gasteiger partial charge is 0.457 e. The number of nitrogens with zero attached hydrogens (tertiary/aromatic N) is 1. The van der Waals surface area contributed by atoms with Crippen molar-refractivity contribution >= 4 is 11.6 Å². The first kappa shape index (κ1) is 16.9. The van der Waals surface area contributed by atoms with Crippen LogP contribution in [0.2, 0.25) is 0 Å². The van der Waals surface area contributed by atoms with Crippen LogP contribution in [0.1, 0.15) is 20.3 Å². The van der Waals surface area contributed by atoms with Crippen molar-refractivity contribution < 1.29 is 9.53 Å². The molecule has 0 aliphatic rings. The molecule has 23 heavy (non-hydrogen) atoms. The molecule has 0 bridgehead atoms. The highest BCUT2D eigenvalue weighted by Gasteiger charge is 2.08. The molecule has 0 spiro atoms. The lowest BCUT2D eigenvalue weighted by molar-refractivity contribution is -0.130. The van der Waals surface area contributed by atoms with Gasteiger partial charge < -0.3 is 15.0 Å². The second-order valence-corrected chi connectivity index (χ2v) is 5.18. The number of carbonyl (C=O) groups is 1. The molecule has 122 valence electrons. The average molecular weight is 312 g/mol. The van der Waals surface area contributed by atoms with Crippen LogP contribution in [0.3, 0.4) is 0 Å². The van der Waals surface area contributed by atoms with E-state index in [1.165, 1.54) is 0 Å². The Morgan fingerprint density at radius 1 is 0.957 bits per heavy atom. The van der Waals surface area contributed by atoms with Crippen LogP contribution in [0.4, 0.5) is 5.69 Å². The van der Waals surface area contributed by atoms with Gasteiger partial charge in [-0.2, -0.15) is 0 Å². The summed E-state index contributed by atoms with van der Waals surface area (Å²) in [6.07, 6.45) is 0.504. The molecule has 1 amide bonds. The summed E-state index contributed by atoms with van der Waals surface area (Å²) in [6, 6.07) is 17.4. The standard InChI is InChI=1S/C19H24N2O2/c1-3-21(4-2)19(22)14-15-20-16-10-12-18(13-11-16)23-17-8-6-5-7-9-17/h5-13,20H,3-4,14-15H2,1-2H3. The summed E-state index contributed by atoms with van der Waals surface area (Å²) in [5.41, 5.74) is 0.984. The normalized spacial score (nSPS) is 10.2. The quantitative estimate of drug-likeness (QED) is 0.796. The lowest BCUT2D eigenvalue weighted by atomic mass is 10.2. The molecule has 0 aliphatic heterocycles. The maximum absolute atomic E-state index is 11.9. The molecule has 0 unspecified atom stereocenters.